The lowest BCUT2D eigenvalue weighted by Gasteiger charge is -2.12. The molecule has 1 amide bonds. The molecule has 4 nitrogen and oxygen atoms in total. The molecular weight excluding hydrogens is 346 g/mol. The Bertz CT molecular complexity index is 984. The molecule has 0 heterocycles. The number of sulfone groups is 1. The van der Waals surface area contributed by atoms with Crippen molar-refractivity contribution in [3.63, 3.8) is 0 Å². The van der Waals surface area contributed by atoms with Crippen LogP contribution in [0.5, 0.6) is 0 Å². The fraction of sp³-hybridized carbons (Fsp3) is 0.190. The zero-order valence-electron chi connectivity index (χ0n) is 15.5. The quantitative estimate of drug-likeness (QED) is 0.808. The van der Waals surface area contributed by atoms with E-state index in [1.165, 1.54) is 0 Å². The lowest BCUT2D eigenvalue weighted by Crippen LogP contribution is -2.23. The van der Waals surface area contributed by atoms with E-state index in [2.05, 4.69) is 11.9 Å². The van der Waals surface area contributed by atoms with E-state index in [9.17, 15) is 13.2 Å². The van der Waals surface area contributed by atoms with Gasteiger partial charge in [0.2, 0.25) is 9.84 Å². The van der Waals surface area contributed by atoms with Crippen LogP contribution >= 0.6 is 0 Å². The van der Waals surface area contributed by atoms with Gasteiger partial charge >= 0.3 is 0 Å². The van der Waals surface area contributed by atoms with Crippen molar-refractivity contribution in [1.29, 1.82) is 0 Å². The van der Waals surface area contributed by atoms with Crippen LogP contribution in [0.1, 0.15) is 29.2 Å². The molecule has 26 heavy (non-hydrogen) atoms. The molecule has 0 saturated heterocycles. The first-order valence-electron chi connectivity index (χ1n) is 8.18. The summed E-state index contributed by atoms with van der Waals surface area (Å²) in [7, 11) is -3.73. The molecule has 0 spiro atoms. The molecule has 5 heteroatoms. The van der Waals surface area contributed by atoms with Crippen molar-refractivity contribution < 1.29 is 13.2 Å². The lowest BCUT2D eigenvalue weighted by atomic mass is 10.0. The van der Waals surface area contributed by atoms with Crippen molar-refractivity contribution >= 4 is 21.4 Å². The Morgan fingerprint density at radius 1 is 1.00 bits per heavy atom. The van der Waals surface area contributed by atoms with Crippen LogP contribution in [-0.4, -0.2) is 14.3 Å². The van der Waals surface area contributed by atoms with Gasteiger partial charge in [0.25, 0.3) is 5.91 Å². The smallest absolute Gasteiger partial charge is 0.250 e. The van der Waals surface area contributed by atoms with Crippen LogP contribution in [0.3, 0.4) is 0 Å². The highest BCUT2D eigenvalue weighted by molar-refractivity contribution is 7.94. The number of amides is 1. The Balaban J connectivity index is 2.56. The summed E-state index contributed by atoms with van der Waals surface area (Å²) in [6, 6.07) is 12.1. The van der Waals surface area contributed by atoms with Gasteiger partial charge in [0.05, 0.1) is 16.0 Å². The molecule has 0 saturated carbocycles. The van der Waals surface area contributed by atoms with Crippen LogP contribution in [0.4, 0.5) is 0 Å². The summed E-state index contributed by atoms with van der Waals surface area (Å²) < 4.78 is 25.6. The maximum absolute atomic E-state index is 12.8. The maximum Gasteiger partial charge on any atom is 0.250 e. The number of benzene rings is 2. The first kappa shape index (κ1) is 19.7. The summed E-state index contributed by atoms with van der Waals surface area (Å²) in [5, 5.41) is 3.76. The van der Waals surface area contributed by atoms with E-state index in [-0.39, 0.29) is 10.6 Å². The van der Waals surface area contributed by atoms with Gasteiger partial charge in [-0.15, -0.1) is 0 Å². The van der Waals surface area contributed by atoms with Gasteiger partial charge in [0.1, 0.15) is 0 Å². The fourth-order valence-electron chi connectivity index (χ4n) is 2.26. The summed E-state index contributed by atoms with van der Waals surface area (Å²) in [4.78, 5) is 12.3. The molecule has 0 aliphatic rings. The van der Waals surface area contributed by atoms with E-state index in [1.807, 2.05) is 32.9 Å². The number of hydrogen-bond acceptors (Lipinski definition) is 3. The number of aryl methyl sites for hydroxylation is 3. The largest absolute Gasteiger partial charge is 0.321 e. The molecule has 1 N–H and O–H groups in total. The first-order chi connectivity index (χ1) is 12.1. The first-order valence-corrected chi connectivity index (χ1v) is 9.73. The summed E-state index contributed by atoms with van der Waals surface area (Å²) in [5.41, 5.74) is 4.21. The SMILES string of the molecule is C=C(C)C(=O)N/C(=C\S(=O)(=O)c1ccc(C)cc1)c1ccc(C)c(C)c1. The monoisotopic (exact) mass is 369 g/mol. The molecule has 0 fully saturated rings. The van der Waals surface area contributed by atoms with Crippen molar-refractivity contribution in [2.75, 3.05) is 0 Å². The predicted molar refractivity (Wildman–Crippen MR) is 105 cm³/mol. The van der Waals surface area contributed by atoms with Crippen LogP contribution in [0.2, 0.25) is 0 Å². The average Bonchev–Trinajstić information content (AvgIpc) is 2.56. The van der Waals surface area contributed by atoms with Crippen molar-refractivity contribution in [1.82, 2.24) is 5.32 Å². The summed E-state index contributed by atoms with van der Waals surface area (Å²) in [6.07, 6.45) is 0. The average molecular weight is 369 g/mol. The Morgan fingerprint density at radius 3 is 2.15 bits per heavy atom. The lowest BCUT2D eigenvalue weighted by molar-refractivity contribution is -0.116. The van der Waals surface area contributed by atoms with E-state index in [1.54, 1.807) is 37.3 Å². The topological polar surface area (TPSA) is 63.2 Å². The van der Waals surface area contributed by atoms with Crippen molar-refractivity contribution in [2.45, 2.75) is 32.6 Å². The molecule has 2 rings (SSSR count). The summed E-state index contributed by atoms with van der Waals surface area (Å²) in [5.74, 6) is -0.423. The zero-order chi connectivity index (χ0) is 19.5. The fourth-order valence-corrected chi connectivity index (χ4v) is 3.42. The third-order valence-electron chi connectivity index (χ3n) is 4.08. The van der Waals surface area contributed by atoms with Gasteiger partial charge in [-0.2, -0.15) is 0 Å². The molecule has 2 aromatic rings. The Hall–Kier alpha value is -2.66. The summed E-state index contributed by atoms with van der Waals surface area (Å²) >= 11 is 0. The van der Waals surface area contributed by atoms with Crippen molar-refractivity contribution in [3.8, 4) is 0 Å². The van der Waals surface area contributed by atoms with E-state index in [0.29, 0.717) is 11.1 Å². The minimum Gasteiger partial charge on any atom is -0.321 e. The van der Waals surface area contributed by atoms with Gasteiger partial charge in [-0.1, -0.05) is 36.4 Å². The Kier molecular flexibility index (Phi) is 5.83. The van der Waals surface area contributed by atoms with Crippen LogP contribution in [0.25, 0.3) is 5.70 Å². The molecule has 2 aromatic carbocycles. The normalized spacial score (nSPS) is 11.9. The van der Waals surface area contributed by atoms with Gasteiger partial charge in [0.15, 0.2) is 0 Å². The third-order valence-corrected chi connectivity index (χ3v) is 5.55. The molecular formula is C21H23NO3S. The van der Waals surface area contributed by atoms with E-state index in [0.717, 1.165) is 22.1 Å². The minimum absolute atomic E-state index is 0.175. The molecule has 0 atom stereocenters. The van der Waals surface area contributed by atoms with E-state index < -0.39 is 15.7 Å². The van der Waals surface area contributed by atoms with Gasteiger partial charge < -0.3 is 5.32 Å². The molecule has 0 aromatic heterocycles. The zero-order valence-corrected chi connectivity index (χ0v) is 16.3. The van der Waals surface area contributed by atoms with Crippen LogP contribution in [0.15, 0.2) is 64.9 Å². The number of hydrogen-bond donors (Lipinski definition) is 1. The molecule has 0 aliphatic heterocycles. The number of carbonyl (C=O) groups is 1. The predicted octanol–water partition coefficient (Wildman–Crippen LogP) is 4.08. The van der Waals surface area contributed by atoms with Crippen LogP contribution < -0.4 is 5.32 Å². The third kappa shape index (κ3) is 4.70. The summed E-state index contributed by atoms with van der Waals surface area (Å²) in [6.45, 7) is 11.0. The minimum atomic E-state index is -3.73. The van der Waals surface area contributed by atoms with Gasteiger partial charge in [0, 0.05) is 5.57 Å². The standard InChI is InChI=1S/C21H23NO3S/c1-14(2)21(23)22-20(18-9-8-16(4)17(5)12-18)13-26(24,25)19-10-6-15(3)7-11-19/h6-13H,1H2,2-5H3,(H,22,23)/b20-13-. The van der Waals surface area contributed by atoms with Gasteiger partial charge in [-0.25, -0.2) is 8.42 Å². The highest BCUT2D eigenvalue weighted by atomic mass is 32.2. The van der Waals surface area contributed by atoms with E-state index in [4.69, 9.17) is 0 Å². The number of carbonyl (C=O) groups excluding carboxylic acids is 1. The number of rotatable bonds is 5. The maximum atomic E-state index is 12.8. The molecule has 0 aliphatic carbocycles. The number of nitrogens with one attached hydrogen (secondary N) is 1. The van der Waals surface area contributed by atoms with E-state index >= 15 is 0 Å². The molecule has 136 valence electrons. The van der Waals surface area contributed by atoms with Gasteiger partial charge in [-0.3, -0.25) is 4.79 Å². The van der Waals surface area contributed by atoms with Gasteiger partial charge in [-0.05, 0) is 62.6 Å². The molecule has 0 bridgehead atoms. The van der Waals surface area contributed by atoms with Crippen LogP contribution in [-0.2, 0) is 14.6 Å². The second-order valence-electron chi connectivity index (χ2n) is 6.42. The highest BCUT2D eigenvalue weighted by Gasteiger charge is 2.16. The molecule has 0 radical (unpaired) electrons. The van der Waals surface area contributed by atoms with Crippen molar-refractivity contribution in [3.05, 3.63) is 82.3 Å². The van der Waals surface area contributed by atoms with Crippen molar-refractivity contribution in [2.24, 2.45) is 0 Å². The highest BCUT2D eigenvalue weighted by Crippen LogP contribution is 2.21. The second-order valence-corrected chi connectivity index (χ2v) is 8.22. The Labute approximate surface area is 155 Å². The molecule has 0 unspecified atom stereocenters. The second kappa shape index (κ2) is 7.70. The van der Waals surface area contributed by atoms with Crippen LogP contribution in [0, 0.1) is 20.8 Å². The Morgan fingerprint density at radius 2 is 1.62 bits per heavy atom.